The molecule has 0 fully saturated rings. The van der Waals surface area contributed by atoms with Crippen molar-refractivity contribution < 1.29 is 9.53 Å². The van der Waals surface area contributed by atoms with Gasteiger partial charge in [-0.15, -0.1) is 0 Å². The molecule has 1 unspecified atom stereocenters. The van der Waals surface area contributed by atoms with Gasteiger partial charge in [0.1, 0.15) is 0 Å². The van der Waals surface area contributed by atoms with Gasteiger partial charge >= 0.3 is 0 Å². The Balaban J connectivity index is 3.84. The molecule has 0 saturated heterocycles. The maximum atomic E-state index is 9.21. The van der Waals surface area contributed by atoms with Crippen LogP contribution in [0.15, 0.2) is 0 Å². The van der Waals surface area contributed by atoms with Crippen LogP contribution >= 0.6 is 0 Å². The van der Waals surface area contributed by atoms with Gasteiger partial charge in [0.05, 0.1) is 0 Å². The summed E-state index contributed by atoms with van der Waals surface area (Å²) in [4.78, 5) is 0. The lowest BCUT2D eigenvalue weighted by Crippen LogP contribution is -2.41. The zero-order chi connectivity index (χ0) is 13.5. The predicted octanol–water partition coefficient (Wildman–Crippen LogP) is 4.20. The topological polar surface area (TPSA) is 29.5 Å². The van der Waals surface area contributed by atoms with Gasteiger partial charge in [-0.05, 0) is 43.3 Å². The molecule has 0 spiro atoms. The van der Waals surface area contributed by atoms with Gasteiger partial charge in [0.2, 0.25) is 0 Å². The van der Waals surface area contributed by atoms with Gasteiger partial charge in [0, 0.05) is 13.2 Å². The highest BCUT2D eigenvalue weighted by Crippen LogP contribution is 2.36. The minimum Gasteiger partial charge on any atom is -0.417 e. The molecule has 104 valence electrons. The number of hydrogen-bond donors (Lipinski definition) is 1. The smallest absolute Gasteiger partial charge is 0.191 e. The lowest BCUT2D eigenvalue weighted by Gasteiger charge is -2.36. The molecule has 0 heterocycles. The molecule has 0 aromatic carbocycles. The van der Waals surface area contributed by atoms with Gasteiger partial charge < -0.3 is 9.53 Å². The molecule has 17 heavy (non-hydrogen) atoms. The van der Waals surface area contributed by atoms with E-state index in [1.165, 1.54) is 0 Å². The summed E-state index contributed by atoms with van der Waals surface area (Å²) in [5.41, 5.74) is 0. The number of aliphatic hydroxyl groups excluding tert-OH is 1. The summed E-state index contributed by atoms with van der Waals surface area (Å²) in [5, 5.41) is 9.51. The van der Waals surface area contributed by atoms with Crippen LogP contribution in [0.1, 0.15) is 53.4 Å². The van der Waals surface area contributed by atoms with E-state index in [4.69, 9.17) is 4.43 Å². The zero-order valence-corrected chi connectivity index (χ0v) is 13.7. The molecule has 0 bridgehead atoms. The summed E-state index contributed by atoms with van der Waals surface area (Å²) in [6.45, 7) is 14.8. The maximum Gasteiger partial charge on any atom is 0.191 e. The van der Waals surface area contributed by atoms with Crippen molar-refractivity contribution in [2.45, 2.75) is 71.5 Å². The quantitative estimate of drug-likeness (QED) is 0.523. The third-order valence-electron chi connectivity index (χ3n) is 3.98. The van der Waals surface area contributed by atoms with Crippen molar-refractivity contribution >= 4 is 8.32 Å². The van der Waals surface area contributed by atoms with Gasteiger partial charge in [-0.25, -0.2) is 0 Å². The normalized spacial score (nSPS) is 15.0. The third-order valence-corrected chi connectivity index (χ3v) is 8.52. The van der Waals surface area contributed by atoms with Crippen molar-refractivity contribution in [3.63, 3.8) is 0 Å². The van der Waals surface area contributed by atoms with E-state index in [2.05, 4.69) is 40.8 Å². The van der Waals surface area contributed by atoms with Crippen molar-refractivity contribution in [1.29, 1.82) is 0 Å². The van der Waals surface area contributed by atoms with E-state index in [0.29, 0.717) is 17.6 Å². The van der Waals surface area contributed by atoms with E-state index in [0.717, 1.165) is 32.3 Å². The number of rotatable bonds is 8. The largest absolute Gasteiger partial charge is 0.417 e. The fraction of sp³-hybridized carbons (Fsp3) is 1.00. The standard InChI is InChI=1S/C14H32O2Si/c1-7-9-13(12-15)10-8-11-16-17(5,6)14(2,3)4/h13,15H,7-12H2,1-6H3. The van der Waals surface area contributed by atoms with Crippen LogP contribution in [0, 0.1) is 5.92 Å². The van der Waals surface area contributed by atoms with E-state index in [1.54, 1.807) is 0 Å². The van der Waals surface area contributed by atoms with Crippen LogP contribution in [0.5, 0.6) is 0 Å². The molecule has 0 radical (unpaired) electrons. The van der Waals surface area contributed by atoms with E-state index >= 15 is 0 Å². The summed E-state index contributed by atoms with van der Waals surface area (Å²) in [7, 11) is -1.57. The molecule has 0 aliphatic heterocycles. The minimum absolute atomic E-state index is 0.298. The van der Waals surface area contributed by atoms with Crippen molar-refractivity contribution in [3.8, 4) is 0 Å². The first kappa shape index (κ1) is 17.1. The predicted molar refractivity (Wildman–Crippen MR) is 77.9 cm³/mol. The average Bonchev–Trinajstić information content (AvgIpc) is 2.21. The van der Waals surface area contributed by atoms with Crippen molar-refractivity contribution in [1.82, 2.24) is 0 Å². The highest BCUT2D eigenvalue weighted by atomic mass is 28.4. The summed E-state index contributed by atoms with van der Waals surface area (Å²) >= 11 is 0. The summed E-state index contributed by atoms with van der Waals surface area (Å²) in [6.07, 6.45) is 4.47. The van der Waals surface area contributed by atoms with Gasteiger partial charge in [-0.3, -0.25) is 0 Å². The second-order valence-electron chi connectivity index (χ2n) is 6.59. The van der Waals surface area contributed by atoms with Crippen LogP contribution < -0.4 is 0 Å². The molecule has 1 N–H and O–H groups in total. The molecule has 0 aliphatic carbocycles. The minimum atomic E-state index is -1.57. The Morgan fingerprint density at radius 3 is 2.18 bits per heavy atom. The Labute approximate surface area is 109 Å². The van der Waals surface area contributed by atoms with Crippen molar-refractivity contribution in [2.75, 3.05) is 13.2 Å². The fourth-order valence-corrected chi connectivity index (χ4v) is 2.74. The lowest BCUT2D eigenvalue weighted by atomic mass is 9.99. The number of aliphatic hydroxyl groups is 1. The third kappa shape index (κ3) is 6.58. The first-order valence-electron chi connectivity index (χ1n) is 6.99. The second-order valence-corrected chi connectivity index (χ2v) is 11.4. The van der Waals surface area contributed by atoms with Crippen LogP contribution in [0.2, 0.25) is 18.1 Å². The first-order valence-corrected chi connectivity index (χ1v) is 9.90. The molecule has 1 atom stereocenters. The van der Waals surface area contributed by atoms with Crippen molar-refractivity contribution in [2.24, 2.45) is 5.92 Å². The number of hydrogen-bond acceptors (Lipinski definition) is 2. The Hall–Kier alpha value is 0.137. The van der Waals surface area contributed by atoms with E-state index in [1.807, 2.05) is 0 Å². The first-order chi connectivity index (χ1) is 7.74. The molecule has 0 amide bonds. The highest BCUT2D eigenvalue weighted by Gasteiger charge is 2.36. The summed E-state index contributed by atoms with van der Waals surface area (Å²) in [6, 6.07) is 0. The Morgan fingerprint density at radius 1 is 1.18 bits per heavy atom. The van der Waals surface area contributed by atoms with Crippen LogP contribution in [0.4, 0.5) is 0 Å². The van der Waals surface area contributed by atoms with E-state index < -0.39 is 8.32 Å². The molecular weight excluding hydrogens is 228 g/mol. The Kier molecular flexibility index (Phi) is 7.61. The second kappa shape index (κ2) is 7.55. The molecule has 0 aromatic heterocycles. The van der Waals surface area contributed by atoms with Gasteiger partial charge in [0.15, 0.2) is 8.32 Å². The Bertz CT molecular complexity index is 197. The van der Waals surface area contributed by atoms with Gasteiger partial charge in [-0.1, -0.05) is 34.1 Å². The van der Waals surface area contributed by atoms with Crippen molar-refractivity contribution in [3.05, 3.63) is 0 Å². The molecule has 0 saturated carbocycles. The molecule has 3 heteroatoms. The maximum absolute atomic E-state index is 9.21. The van der Waals surface area contributed by atoms with Crippen LogP contribution in [0.3, 0.4) is 0 Å². The van der Waals surface area contributed by atoms with E-state index in [9.17, 15) is 5.11 Å². The SMILES string of the molecule is CCCC(CO)CCCO[Si](C)(C)C(C)(C)C. The molecule has 0 aromatic rings. The van der Waals surface area contributed by atoms with Gasteiger partial charge in [0.25, 0.3) is 0 Å². The summed E-state index contributed by atoms with van der Waals surface area (Å²) in [5.74, 6) is 0.475. The average molecular weight is 260 g/mol. The summed E-state index contributed by atoms with van der Waals surface area (Å²) < 4.78 is 6.12. The van der Waals surface area contributed by atoms with Gasteiger partial charge in [-0.2, -0.15) is 0 Å². The zero-order valence-electron chi connectivity index (χ0n) is 12.7. The lowest BCUT2D eigenvalue weighted by molar-refractivity contribution is 0.194. The van der Waals surface area contributed by atoms with E-state index in [-0.39, 0.29) is 0 Å². The van der Waals surface area contributed by atoms with Crippen LogP contribution in [-0.4, -0.2) is 26.6 Å². The molecule has 2 nitrogen and oxygen atoms in total. The Morgan fingerprint density at radius 2 is 1.76 bits per heavy atom. The highest BCUT2D eigenvalue weighted by molar-refractivity contribution is 6.74. The molecule has 0 aliphatic rings. The van der Waals surface area contributed by atoms with Crippen LogP contribution in [0.25, 0.3) is 0 Å². The van der Waals surface area contributed by atoms with Crippen LogP contribution in [-0.2, 0) is 4.43 Å². The molecule has 0 rings (SSSR count). The monoisotopic (exact) mass is 260 g/mol. The molecular formula is C14H32O2Si. The fourth-order valence-electron chi connectivity index (χ4n) is 1.65.